The summed E-state index contributed by atoms with van der Waals surface area (Å²) < 4.78 is 12.7. The standard InChI is InChI=1S/C21H24N4O3/c1-27-17-6-4-16(5-7-17)15-25-19(23-18-3-2-10-22-21(18)25)8-9-20(26)24-11-13-28-14-12-24/h2-7,10H,8-9,11-15H2,1H3. The second kappa shape index (κ2) is 8.39. The molecule has 7 heteroatoms. The molecular formula is C21H24N4O3. The molecule has 0 spiro atoms. The molecule has 1 saturated heterocycles. The molecule has 1 aliphatic heterocycles. The summed E-state index contributed by atoms with van der Waals surface area (Å²) in [6.07, 6.45) is 2.80. The number of morpholine rings is 1. The molecule has 1 fully saturated rings. The van der Waals surface area contributed by atoms with Crippen LogP contribution < -0.4 is 4.74 Å². The van der Waals surface area contributed by atoms with Crippen LogP contribution in [0.15, 0.2) is 42.6 Å². The van der Waals surface area contributed by atoms with Crippen molar-refractivity contribution in [1.29, 1.82) is 0 Å². The maximum Gasteiger partial charge on any atom is 0.223 e. The highest BCUT2D eigenvalue weighted by atomic mass is 16.5. The molecule has 0 N–H and O–H groups in total. The molecule has 0 unspecified atom stereocenters. The minimum absolute atomic E-state index is 0.152. The molecule has 4 rings (SSSR count). The number of nitrogens with zero attached hydrogens (tertiary/aromatic N) is 4. The number of carbonyl (C=O) groups is 1. The highest BCUT2D eigenvalue weighted by Crippen LogP contribution is 2.19. The first kappa shape index (κ1) is 18.4. The number of pyridine rings is 1. The van der Waals surface area contributed by atoms with Gasteiger partial charge in [-0.3, -0.25) is 4.79 Å². The fourth-order valence-electron chi connectivity index (χ4n) is 3.47. The highest BCUT2D eigenvalue weighted by Gasteiger charge is 2.19. The molecule has 3 aromatic rings. The molecule has 0 radical (unpaired) electrons. The van der Waals surface area contributed by atoms with Gasteiger partial charge in [0.05, 0.1) is 26.9 Å². The molecule has 28 heavy (non-hydrogen) atoms. The summed E-state index contributed by atoms with van der Waals surface area (Å²) in [5, 5.41) is 0. The van der Waals surface area contributed by atoms with Crippen LogP contribution in [-0.2, 0) is 22.5 Å². The van der Waals surface area contributed by atoms with Crippen LogP contribution in [0.2, 0.25) is 0 Å². The Hall–Kier alpha value is -2.93. The first-order valence-electron chi connectivity index (χ1n) is 9.53. The third kappa shape index (κ3) is 3.99. The van der Waals surface area contributed by atoms with Gasteiger partial charge in [0.15, 0.2) is 5.65 Å². The lowest BCUT2D eigenvalue weighted by Gasteiger charge is -2.26. The lowest BCUT2D eigenvalue weighted by molar-refractivity contribution is -0.135. The third-order valence-corrected chi connectivity index (χ3v) is 5.01. The van der Waals surface area contributed by atoms with Gasteiger partial charge in [0.1, 0.15) is 17.1 Å². The number of fused-ring (bicyclic) bond motifs is 1. The third-order valence-electron chi connectivity index (χ3n) is 5.01. The van der Waals surface area contributed by atoms with Crippen LogP contribution in [0, 0.1) is 0 Å². The number of aryl methyl sites for hydroxylation is 1. The summed E-state index contributed by atoms with van der Waals surface area (Å²) in [6.45, 7) is 3.22. The lowest BCUT2D eigenvalue weighted by Crippen LogP contribution is -2.40. The van der Waals surface area contributed by atoms with Crippen molar-refractivity contribution < 1.29 is 14.3 Å². The normalized spacial score (nSPS) is 14.4. The van der Waals surface area contributed by atoms with Crippen LogP contribution in [0.1, 0.15) is 17.8 Å². The van der Waals surface area contributed by atoms with Crippen LogP contribution in [0.5, 0.6) is 5.75 Å². The van der Waals surface area contributed by atoms with Crippen molar-refractivity contribution in [2.75, 3.05) is 33.4 Å². The predicted molar refractivity (Wildman–Crippen MR) is 105 cm³/mol. The van der Waals surface area contributed by atoms with E-state index in [1.165, 1.54) is 0 Å². The number of ether oxygens (including phenoxy) is 2. The van der Waals surface area contributed by atoms with E-state index >= 15 is 0 Å². The number of benzene rings is 1. The summed E-state index contributed by atoms with van der Waals surface area (Å²) in [6, 6.07) is 11.8. The Bertz CT molecular complexity index is 946. The molecular weight excluding hydrogens is 356 g/mol. The summed E-state index contributed by atoms with van der Waals surface area (Å²) in [7, 11) is 1.66. The number of carbonyl (C=O) groups excluding carboxylic acids is 1. The molecule has 1 amide bonds. The molecule has 7 nitrogen and oxygen atoms in total. The number of methoxy groups -OCH3 is 1. The van der Waals surface area contributed by atoms with E-state index < -0.39 is 0 Å². The van der Waals surface area contributed by atoms with Crippen molar-refractivity contribution in [2.45, 2.75) is 19.4 Å². The Morgan fingerprint density at radius 3 is 2.71 bits per heavy atom. The van der Waals surface area contributed by atoms with Gasteiger partial charge in [-0.25, -0.2) is 9.97 Å². The van der Waals surface area contributed by atoms with Gasteiger partial charge in [-0.2, -0.15) is 0 Å². The molecule has 0 atom stereocenters. The highest BCUT2D eigenvalue weighted by molar-refractivity contribution is 5.77. The van der Waals surface area contributed by atoms with Gasteiger partial charge < -0.3 is 18.9 Å². The summed E-state index contributed by atoms with van der Waals surface area (Å²) in [5.74, 6) is 1.86. The van der Waals surface area contributed by atoms with Crippen molar-refractivity contribution in [1.82, 2.24) is 19.4 Å². The summed E-state index contributed by atoms with van der Waals surface area (Å²) >= 11 is 0. The van der Waals surface area contributed by atoms with Crippen molar-refractivity contribution in [2.24, 2.45) is 0 Å². The smallest absolute Gasteiger partial charge is 0.223 e. The van der Waals surface area contributed by atoms with Crippen molar-refractivity contribution in [3.05, 3.63) is 54.0 Å². The predicted octanol–water partition coefficient (Wildman–Crippen LogP) is 2.28. The van der Waals surface area contributed by atoms with Crippen LogP contribution in [0.4, 0.5) is 0 Å². The summed E-state index contributed by atoms with van der Waals surface area (Å²) in [4.78, 5) is 23.7. The minimum Gasteiger partial charge on any atom is -0.497 e. The van der Waals surface area contributed by atoms with Crippen LogP contribution in [0.25, 0.3) is 11.2 Å². The van der Waals surface area contributed by atoms with Gasteiger partial charge in [-0.15, -0.1) is 0 Å². The monoisotopic (exact) mass is 380 g/mol. The van der Waals surface area contributed by atoms with E-state index in [9.17, 15) is 4.79 Å². The van der Waals surface area contributed by atoms with Crippen LogP contribution in [0.3, 0.4) is 0 Å². The first-order chi connectivity index (χ1) is 13.7. The Morgan fingerprint density at radius 1 is 1.18 bits per heavy atom. The molecule has 3 heterocycles. The minimum atomic E-state index is 0.152. The van der Waals surface area contributed by atoms with E-state index in [1.54, 1.807) is 13.3 Å². The number of hydrogen-bond donors (Lipinski definition) is 0. The number of hydrogen-bond acceptors (Lipinski definition) is 5. The van der Waals surface area contributed by atoms with E-state index in [0.717, 1.165) is 28.3 Å². The van der Waals surface area contributed by atoms with E-state index in [4.69, 9.17) is 14.5 Å². The molecule has 0 bridgehead atoms. The van der Waals surface area contributed by atoms with Gasteiger partial charge in [0.2, 0.25) is 5.91 Å². The maximum atomic E-state index is 12.5. The Balaban J connectivity index is 1.55. The lowest BCUT2D eigenvalue weighted by atomic mass is 10.2. The molecule has 2 aromatic heterocycles. The number of imidazole rings is 1. The van der Waals surface area contributed by atoms with E-state index in [0.29, 0.717) is 45.7 Å². The molecule has 0 saturated carbocycles. The van der Waals surface area contributed by atoms with Crippen LogP contribution >= 0.6 is 0 Å². The fourth-order valence-corrected chi connectivity index (χ4v) is 3.47. The Morgan fingerprint density at radius 2 is 1.96 bits per heavy atom. The average Bonchev–Trinajstić information content (AvgIpc) is 3.10. The quantitative estimate of drug-likeness (QED) is 0.656. The van der Waals surface area contributed by atoms with Gasteiger partial charge in [-0.1, -0.05) is 12.1 Å². The zero-order valence-electron chi connectivity index (χ0n) is 16.0. The van der Waals surface area contributed by atoms with Gasteiger partial charge in [-0.05, 0) is 29.8 Å². The number of amides is 1. The van der Waals surface area contributed by atoms with E-state index in [-0.39, 0.29) is 5.91 Å². The largest absolute Gasteiger partial charge is 0.497 e. The summed E-state index contributed by atoms with van der Waals surface area (Å²) in [5.41, 5.74) is 2.82. The maximum absolute atomic E-state index is 12.5. The van der Waals surface area contributed by atoms with Gasteiger partial charge in [0.25, 0.3) is 0 Å². The van der Waals surface area contributed by atoms with E-state index in [2.05, 4.69) is 9.55 Å². The molecule has 1 aromatic carbocycles. The van der Waals surface area contributed by atoms with Gasteiger partial charge >= 0.3 is 0 Å². The molecule has 1 aliphatic rings. The van der Waals surface area contributed by atoms with E-state index in [1.807, 2.05) is 41.3 Å². The van der Waals surface area contributed by atoms with Crippen molar-refractivity contribution in [3.8, 4) is 5.75 Å². The second-order valence-corrected chi connectivity index (χ2v) is 6.80. The van der Waals surface area contributed by atoms with Crippen molar-refractivity contribution >= 4 is 17.1 Å². The zero-order chi connectivity index (χ0) is 19.3. The molecule has 0 aliphatic carbocycles. The number of rotatable bonds is 6. The topological polar surface area (TPSA) is 69.5 Å². The SMILES string of the molecule is COc1ccc(Cn2c(CCC(=O)N3CCOCC3)nc3cccnc32)cc1. The van der Waals surface area contributed by atoms with Crippen molar-refractivity contribution in [3.63, 3.8) is 0 Å². The van der Waals surface area contributed by atoms with Gasteiger partial charge in [0, 0.05) is 32.1 Å². The number of aromatic nitrogens is 3. The first-order valence-corrected chi connectivity index (χ1v) is 9.53. The molecule has 146 valence electrons. The van der Waals surface area contributed by atoms with Crippen LogP contribution in [-0.4, -0.2) is 58.8 Å². The zero-order valence-corrected chi connectivity index (χ0v) is 16.0. The fraction of sp³-hybridized carbons (Fsp3) is 0.381. The Kier molecular flexibility index (Phi) is 5.53. The average molecular weight is 380 g/mol. The Labute approximate surface area is 163 Å². The second-order valence-electron chi connectivity index (χ2n) is 6.80.